The van der Waals surface area contributed by atoms with Crippen molar-refractivity contribution in [1.82, 2.24) is 19.7 Å². The first kappa shape index (κ1) is 31.5. The largest absolute Gasteiger partial charge is 0.417 e. The summed E-state index contributed by atoms with van der Waals surface area (Å²) in [6, 6.07) is 18.3. The number of aromatic nitrogens is 3. The van der Waals surface area contributed by atoms with Gasteiger partial charge in [0.25, 0.3) is 5.56 Å². The summed E-state index contributed by atoms with van der Waals surface area (Å²) >= 11 is 0. The van der Waals surface area contributed by atoms with Crippen LogP contribution in [0.4, 0.5) is 30.7 Å². The van der Waals surface area contributed by atoms with Gasteiger partial charge in [0.05, 0.1) is 33.0 Å². The fraction of sp³-hybridized carbons (Fsp3) is 0.100. The van der Waals surface area contributed by atoms with Crippen LogP contribution in [0.1, 0.15) is 16.7 Å². The Balaban J connectivity index is 1.48. The summed E-state index contributed by atoms with van der Waals surface area (Å²) in [5.74, 6) is -2.43. The van der Waals surface area contributed by atoms with E-state index in [1.54, 1.807) is 24.3 Å². The summed E-state index contributed by atoms with van der Waals surface area (Å²) in [7, 11) is -4.25. The fourth-order valence-electron chi connectivity index (χ4n) is 4.36. The van der Waals surface area contributed by atoms with Crippen molar-refractivity contribution in [2.45, 2.75) is 23.8 Å². The lowest BCUT2D eigenvalue weighted by Gasteiger charge is -2.16. The predicted molar refractivity (Wildman–Crippen MR) is 149 cm³/mol. The number of halogens is 7. The average molecular weight is 649 g/mol. The molecule has 0 spiro atoms. The van der Waals surface area contributed by atoms with Crippen molar-refractivity contribution < 1.29 is 39.2 Å². The zero-order valence-corrected chi connectivity index (χ0v) is 23.4. The van der Waals surface area contributed by atoms with Crippen molar-refractivity contribution in [2.24, 2.45) is 0 Å². The molecule has 0 fully saturated rings. The van der Waals surface area contributed by atoms with E-state index in [0.29, 0.717) is 18.3 Å². The van der Waals surface area contributed by atoms with Crippen molar-refractivity contribution in [3.05, 3.63) is 124 Å². The number of benzene rings is 3. The lowest BCUT2D eigenvalue weighted by molar-refractivity contribution is -0.138. The third kappa shape index (κ3) is 6.94. The molecule has 0 unspecified atom stereocenters. The van der Waals surface area contributed by atoms with E-state index in [0.717, 1.165) is 29.3 Å². The van der Waals surface area contributed by atoms with Crippen molar-refractivity contribution in [3.63, 3.8) is 0 Å². The van der Waals surface area contributed by atoms with Gasteiger partial charge in [-0.15, -0.1) is 0 Å². The van der Waals surface area contributed by atoms with Gasteiger partial charge in [0, 0.05) is 24.4 Å². The van der Waals surface area contributed by atoms with Gasteiger partial charge < -0.3 is 4.98 Å². The highest BCUT2D eigenvalue weighted by Crippen LogP contribution is 2.39. The fourth-order valence-corrected chi connectivity index (χ4v) is 5.36. The first-order chi connectivity index (χ1) is 21.1. The second-order valence-corrected chi connectivity index (χ2v) is 11.4. The number of hydrogen-bond donors (Lipinski definition) is 2. The summed E-state index contributed by atoms with van der Waals surface area (Å²) in [5, 5.41) is 0. The van der Waals surface area contributed by atoms with Crippen molar-refractivity contribution >= 4 is 10.0 Å². The minimum atomic E-state index is -5.14. The SMILES string of the molecule is O=c1cc(-c2ccc(C(F)(F)F)cn2)nc(-c2c(C(F)(F)F)ccc(CNS(=O)(=O)c3ccc(-c4ccccc4)cc3)c2F)[nH]1. The highest BCUT2D eigenvalue weighted by atomic mass is 32.2. The molecule has 0 radical (unpaired) electrons. The molecular weight excluding hydrogens is 629 g/mol. The monoisotopic (exact) mass is 648 g/mol. The number of hydrogen-bond acceptors (Lipinski definition) is 5. The van der Waals surface area contributed by atoms with E-state index < -0.39 is 74.1 Å². The number of rotatable bonds is 7. The van der Waals surface area contributed by atoms with Crippen LogP contribution >= 0.6 is 0 Å². The Hall–Kier alpha value is -4.89. The quantitative estimate of drug-likeness (QED) is 0.189. The van der Waals surface area contributed by atoms with E-state index in [-0.39, 0.29) is 10.6 Å². The smallest absolute Gasteiger partial charge is 0.306 e. The van der Waals surface area contributed by atoms with Gasteiger partial charge in [-0.25, -0.2) is 22.5 Å². The van der Waals surface area contributed by atoms with E-state index in [1.807, 2.05) is 23.2 Å². The second kappa shape index (κ2) is 11.9. The summed E-state index contributed by atoms with van der Waals surface area (Å²) < 4.78 is 124. The summed E-state index contributed by atoms with van der Waals surface area (Å²) in [5.41, 5.74) is -4.59. The van der Waals surface area contributed by atoms with Crippen LogP contribution in [0.25, 0.3) is 33.9 Å². The molecule has 15 heteroatoms. The number of aromatic amines is 1. The molecule has 0 bridgehead atoms. The maximum Gasteiger partial charge on any atom is 0.417 e. The number of nitrogens with one attached hydrogen (secondary N) is 2. The third-order valence-electron chi connectivity index (χ3n) is 6.58. The van der Waals surface area contributed by atoms with Gasteiger partial charge >= 0.3 is 12.4 Å². The molecular formula is C30H19F7N4O3S. The molecule has 0 aliphatic rings. The van der Waals surface area contributed by atoms with Crippen LogP contribution in [0.2, 0.25) is 0 Å². The van der Waals surface area contributed by atoms with Crippen molar-refractivity contribution in [3.8, 4) is 33.9 Å². The molecule has 232 valence electrons. The minimum Gasteiger partial charge on any atom is -0.306 e. The van der Waals surface area contributed by atoms with Crippen LogP contribution in [0.15, 0.2) is 101 Å². The molecule has 0 saturated carbocycles. The number of sulfonamides is 1. The molecule has 5 rings (SSSR count). The van der Waals surface area contributed by atoms with Crippen LogP contribution in [0.3, 0.4) is 0 Å². The molecule has 7 nitrogen and oxygen atoms in total. The van der Waals surface area contributed by atoms with Crippen LogP contribution in [0, 0.1) is 5.82 Å². The second-order valence-electron chi connectivity index (χ2n) is 9.58. The van der Waals surface area contributed by atoms with Crippen LogP contribution in [0.5, 0.6) is 0 Å². The van der Waals surface area contributed by atoms with Gasteiger partial charge in [-0.2, -0.15) is 26.3 Å². The minimum absolute atomic E-state index is 0.183. The molecule has 2 aromatic heterocycles. The summed E-state index contributed by atoms with van der Waals surface area (Å²) in [4.78, 5) is 21.6. The molecule has 0 aliphatic heterocycles. The molecule has 0 atom stereocenters. The molecule has 45 heavy (non-hydrogen) atoms. The Bertz CT molecular complexity index is 2010. The summed E-state index contributed by atoms with van der Waals surface area (Å²) in [6.45, 7) is -0.774. The summed E-state index contributed by atoms with van der Waals surface area (Å²) in [6.07, 6.45) is -9.42. The van der Waals surface area contributed by atoms with E-state index in [9.17, 15) is 39.6 Å². The Morgan fingerprint density at radius 2 is 1.44 bits per heavy atom. The van der Waals surface area contributed by atoms with Crippen LogP contribution in [-0.2, 0) is 28.9 Å². The third-order valence-corrected chi connectivity index (χ3v) is 8.00. The molecule has 5 aromatic rings. The van der Waals surface area contributed by atoms with Crippen molar-refractivity contribution in [1.29, 1.82) is 0 Å². The Morgan fingerprint density at radius 3 is 2.04 bits per heavy atom. The normalized spacial score (nSPS) is 12.3. The Morgan fingerprint density at radius 1 is 0.778 bits per heavy atom. The highest BCUT2D eigenvalue weighted by Gasteiger charge is 2.37. The number of nitrogens with zero attached hydrogens (tertiary/aromatic N) is 2. The van der Waals surface area contributed by atoms with E-state index in [4.69, 9.17) is 0 Å². The molecule has 2 N–H and O–H groups in total. The zero-order chi connectivity index (χ0) is 32.6. The lowest BCUT2D eigenvalue weighted by Crippen LogP contribution is -2.24. The van der Waals surface area contributed by atoms with E-state index in [2.05, 4.69) is 14.7 Å². The molecule has 0 saturated heterocycles. The topological polar surface area (TPSA) is 105 Å². The maximum absolute atomic E-state index is 15.8. The van der Waals surface area contributed by atoms with E-state index in [1.165, 1.54) is 12.1 Å². The standard InChI is InChI=1S/C30H19F7N4O3S/c31-27-19(15-39-45(43,44)21-10-6-18(7-11-21)17-4-2-1-3-5-17)8-12-22(30(35,36)37)26(27)28-40-24(14-25(42)41-28)23-13-9-20(16-38-23)29(32,33)34/h1-14,16,39H,15H2,(H,40,41,42). The van der Waals surface area contributed by atoms with Crippen LogP contribution < -0.4 is 10.3 Å². The Labute approximate surface area is 250 Å². The number of pyridine rings is 1. The maximum atomic E-state index is 15.8. The van der Waals surface area contributed by atoms with Crippen LogP contribution in [-0.4, -0.2) is 23.4 Å². The zero-order valence-electron chi connectivity index (χ0n) is 22.5. The first-order valence-corrected chi connectivity index (χ1v) is 14.3. The van der Waals surface area contributed by atoms with Crippen molar-refractivity contribution in [2.75, 3.05) is 0 Å². The van der Waals surface area contributed by atoms with Gasteiger partial charge in [0.2, 0.25) is 10.0 Å². The number of H-pyrrole nitrogens is 1. The van der Waals surface area contributed by atoms with Gasteiger partial charge in [0.1, 0.15) is 11.6 Å². The molecule has 0 aliphatic carbocycles. The van der Waals surface area contributed by atoms with Gasteiger partial charge in [-0.05, 0) is 41.5 Å². The number of alkyl halides is 6. The predicted octanol–water partition coefficient (Wildman–Crippen LogP) is 6.82. The van der Waals surface area contributed by atoms with E-state index >= 15 is 4.39 Å². The first-order valence-electron chi connectivity index (χ1n) is 12.8. The Kier molecular flexibility index (Phi) is 8.33. The van der Waals surface area contributed by atoms with Gasteiger partial charge in [0.15, 0.2) is 0 Å². The molecule has 3 aromatic carbocycles. The highest BCUT2D eigenvalue weighted by molar-refractivity contribution is 7.89. The lowest BCUT2D eigenvalue weighted by atomic mass is 10.0. The van der Waals surface area contributed by atoms with Gasteiger partial charge in [-0.1, -0.05) is 48.5 Å². The molecule has 2 heterocycles. The average Bonchev–Trinajstić information content (AvgIpc) is 2.99. The molecule has 0 amide bonds. The van der Waals surface area contributed by atoms with Gasteiger partial charge in [-0.3, -0.25) is 9.78 Å².